The van der Waals surface area contributed by atoms with Crippen LogP contribution in [0.15, 0.2) is 58.4 Å². The number of aromatic nitrogens is 1. The Hall–Kier alpha value is -1.99. The zero-order valence-corrected chi connectivity index (χ0v) is 12.7. The fourth-order valence-corrected chi connectivity index (χ4v) is 3.17. The molecular weight excluding hydrogens is 308 g/mol. The first-order valence-corrected chi connectivity index (χ1v) is 8.24. The van der Waals surface area contributed by atoms with Gasteiger partial charge in [0.1, 0.15) is 4.99 Å². The van der Waals surface area contributed by atoms with Crippen molar-refractivity contribution in [3.63, 3.8) is 0 Å². The zero-order valence-electron chi connectivity index (χ0n) is 11.1. The van der Waals surface area contributed by atoms with Gasteiger partial charge in [0.25, 0.3) is 5.56 Å². The number of benzene rings is 1. The van der Waals surface area contributed by atoms with E-state index in [1.165, 1.54) is 22.8 Å². The van der Waals surface area contributed by atoms with E-state index in [0.29, 0.717) is 5.56 Å². The standard InChI is InChI=1S/C14H14N2O3S2/c15-14(20)11-4-6-12(7-5-11)21(18,19)10-9-16-8-2-1-3-13(16)17/h1-8H,9-10H2,(H2,15,20). The Bertz CT molecular complexity index is 809. The number of sulfone groups is 1. The van der Waals surface area contributed by atoms with Crippen molar-refractivity contribution in [2.24, 2.45) is 5.73 Å². The first-order chi connectivity index (χ1) is 9.90. The van der Waals surface area contributed by atoms with Gasteiger partial charge in [0.15, 0.2) is 9.84 Å². The third kappa shape index (κ3) is 3.77. The SMILES string of the molecule is NC(=S)c1ccc(S(=O)(=O)CCn2ccccc2=O)cc1. The summed E-state index contributed by atoms with van der Waals surface area (Å²) in [5, 5.41) is 0. The molecule has 0 fully saturated rings. The molecule has 1 aromatic heterocycles. The maximum absolute atomic E-state index is 12.2. The van der Waals surface area contributed by atoms with E-state index in [4.69, 9.17) is 18.0 Å². The molecule has 1 heterocycles. The Labute approximate surface area is 127 Å². The minimum Gasteiger partial charge on any atom is -0.389 e. The van der Waals surface area contributed by atoms with Crippen LogP contribution in [0.2, 0.25) is 0 Å². The lowest BCUT2D eigenvalue weighted by atomic mass is 10.2. The maximum atomic E-state index is 12.2. The normalized spacial score (nSPS) is 11.2. The molecule has 110 valence electrons. The average molecular weight is 322 g/mol. The summed E-state index contributed by atoms with van der Waals surface area (Å²) >= 11 is 4.82. The molecule has 5 nitrogen and oxygen atoms in total. The highest BCUT2D eigenvalue weighted by atomic mass is 32.2. The van der Waals surface area contributed by atoms with Crippen LogP contribution in [0, 0.1) is 0 Å². The van der Waals surface area contributed by atoms with Crippen LogP contribution >= 0.6 is 12.2 Å². The topological polar surface area (TPSA) is 82.2 Å². The Morgan fingerprint density at radius 3 is 2.38 bits per heavy atom. The molecule has 0 unspecified atom stereocenters. The number of hydrogen-bond acceptors (Lipinski definition) is 4. The van der Waals surface area contributed by atoms with Gasteiger partial charge in [0, 0.05) is 24.4 Å². The molecule has 0 bridgehead atoms. The van der Waals surface area contributed by atoms with E-state index in [2.05, 4.69) is 0 Å². The van der Waals surface area contributed by atoms with Gasteiger partial charge in [-0.15, -0.1) is 0 Å². The smallest absolute Gasteiger partial charge is 0.250 e. The molecule has 21 heavy (non-hydrogen) atoms. The van der Waals surface area contributed by atoms with Gasteiger partial charge in [0.2, 0.25) is 0 Å². The van der Waals surface area contributed by atoms with Gasteiger partial charge in [0.05, 0.1) is 10.6 Å². The molecule has 7 heteroatoms. The van der Waals surface area contributed by atoms with Crippen LogP contribution in [-0.2, 0) is 16.4 Å². The van der Waals surface area contributed by atoms with Crippen LogP contribution in [0.3, 0.4) is 0 Å². The molecular formula is C14H14N2O3S2. The van der Waals surface area contributed by atoms with Crippen molar-refractivity contribution in [1.29, 1.82) is 0 Å². The fourth-order valence-electron chi connectivity index (χ4n) is 1.81. The molecule has 0 saturated carbocycles. The molecule has 2 aromatic rings. The van der Waals surface area contributed by atoms with Crippen LogP contribution < -0.4 is 11.3 Å². The summed E-state index contributed by atoms with van der Waals surface area (Å²) in [7, 11) is -3.46. The van der Waals surface area contributed by atoms with Gasteiger partial charge < -0.3 is 10.3 Å². The second kappa shape index (κ2) is 6.19. The molecule has 1 aromatic carbocycles. The summed E-state index contributed by atoms with van der Waals surface area (Å²) in [5.74, 6) is -0.149. The maximum Gasteiger partial charge on any atom is 0.250 e. The Balaban J connectivity index is 2.17. The van der Waals surface area contributed by atoms with Gasteiger partial charge >= 0.3 is 0 Å². The van der Waals surface area contributed by atoms with Crippen molar-refractivity contribution >= 4 is 27.0 Å². The van der Waals surface area contributed by atoms with Crippen molar-refractivity contribution in [2.45, 2.75) is 11.4 Å². The minimum atomic E-state index is -3.46. The molecule has 0 saturated heterocycles. The summed E-state index contributed by atoms with van der Waals surface area (Å²) in [6, 6.07) is 10.8. The molecule has 0 radical (unpaired) electrons. The summed E-state index contributed by atoms with van der Waals surface area (Å²) in [4.78, 5) is 11.9. The quantitative estimate of drug-likeness (QED) is 0.829. The third-order valence-electron chi connectivity index (χ3n) is 3.00. The van der Waals surface area contributed by atoms with E-state index in [0.717, 1.165) is 0 Å². The Morgan fingerprint density at radius 2 is 1.81 bits per heavy atom. The highest BCUT2D eigenvalue weighted by molar-refractivity contribution is 7.91. The number of pyridine rings is 1. The number of aryl methyl sites for hydroxylation is 1. The second-order valence-corrected chi connectivity index (χ2v) is 6.99. The molecule has 0 aliphatic heterocycles. The van der Waals surface area contributed by atoms with Crippen LogP contribution in [-0.4, -0.2) is 23.7 Å². The van der Waals surface area contributed by atoms with Gasteiger partial charge in [-0.1, -0.05) is 30.4 Å². The molecule has 2 rings (SSSR count). The van der Waals surface area contributed by atoms with E-state index >= 15 is 0 Å². The highest BCUT2D eigenvalue weighted by Crippen LogP contribution is 2.13. The first kappa shape index (κ1) is 15.4. The van der Waals surface area contributed by atoms with Gasteiger partial charge in [-0.3, -0.25) is 4.79 Å². The number of nitrogens with two attached hydrogens (primary N) is 1. The van der Waals surface area contributed by atoms with Crippen molar-refractivity contribution in [2.75, 3.05) is 5.75 Å². The second-order valence-electron chi connectivity index (χ2n) is 4.44. The molecule has 2 N–H and O–H groups in total. The monoisotopic (exact) mass is 322 g/mol. The molecule has 0 spiro atoms. The van der Waals surface area contributed by atoms with Gasteiger partial charge in [-0.25, -0.2) is 8.42 Å². The van der Waals surface area contributed by atoms with Crippen molar-refractivity contribution in [1.82, 2.24) is 4.57 Å². The van der Waals surface area contributed by atoms with E-state index in [1.807, 2.05) is 0 Å². The lowest BCUT2D eigenvalue weighted by molar-refractivity contribution is 0.587. The Morgan fingerprint density at radius 1 is 1.14 bits per heavy atom. The van der Waals surface area contributed by atoms with Crippen molar-refractivity contribution in [3.8, 4) is 0 Å². The molecule has 0 aliphatic carbocycles. The number of rotatable bonds is 5. The molecule has 0 amide bonds. The summed E-state index contributed by atoms with van der Waals surface area (Å²) in [6.45, 7) is 0.110. The Kier molecular flexibility index (Phi) is 4.54. The summed E-state index contributed by atoms with van der Waals surface area (Å²) < 4.78 is 25.8. The lowest BCUT2D eigenvalue weighted by Crippen LogP contribution is -2.22. The first-order valence-electron chi connectivity index (χ1n) is 6.18. The summed E-state index contributed by atoms with van der Waals surface area (Å²) in [5.41, 5.74) is 5.86. The van der Waals surface area contributed by atoms with E-state index < -0.39 is 9.84 Å². The van der Waals surface area contributed by atoms with Crippen molar-refractivity contribution < 1.29 is 8.42 Å². The number of nitrogens with zero attached hydrogens (tertiary/aromatic N) is 1. The van der Waals surface area contributed by atoms with E-state index in [9.17, 15) is 13.2 Å². The molecule has 0 atom stereocenters. The van der Waals surface area contributed by atoms with Crippen LogP contribution in [0.1, 0.15) is 5.56 Å². The minimum absolute atomic E-state index is 0.110. The average Bonchev–Trinajstić information content (AvgIpc) is 2.46. The predicted octanol–water partition coefficient (Wildman–Crippen LogP) is 0.956. The van der Waals surface area contributed by atoms with E-state index in [-0.39, 0.29) is 27.7 Å². The molecule has 0 aliphatic rings. The third-order valence-corrected chi connectivity index (χ3v) is 4.94. The zero-order chi connectivity index (χ0) is 15.5. The van der Waals surface area contributed by atoms with Gasteiger partial charge in [-0.05, 0) is 18.2 Å². The van der Waals surface area contributed by atoms with Crippen molar-refractivity contribution in [3.05, 3.63) is 64.6 Å². The van der Waals surface area contributed by atoms with Crippen LogP contribution in [0.25, 0.3) is 0 Å². The number of hydrogen-bond donors (Lipinski definition) is 1. The predicted molar refractivity (Wildman–Crippen MR) is 85.1 cm³/mol. The van der Waals surface area contributed by atoms with Crippen LogP contribution in [0.5, 0.6) is 0 Å². The van der Waals surface area contributed by atoms with Gasteiger partial charge in [-0.2, -0.15) is 0 Å². The lowest BCUT2D eigenvalue weighted by Gasteiger charge is -2.07. The number of thiocarbonyl (C=S) groups is 1. The van der Waals surface area contributed by atoms with E-state index in [1.54, 1.807) is 30.5 Å². The fraction of sp³-hybridized carbons (Fsp3) is 0.143. The van der Waals surface area contributed by atoms with Crippen LogP contribution in [0.4, 0.5) is 0 Å². The highest BCUT2D eigenvalue weighted by Gasteiger charge is 2.14. The largest absolute Gasteiger partial charge is 0.389 e. The summed E-state index contributed by atoms with van der Waals surface area (Å²) in [6.07, 6.45) is 1.56.